The zero-order chi connectivity index (χ0) is 22.7. The van der Waals surface area contributed by atoms with Crippen LogP contribution in [-0.4, -0.2) is 60.2 Å². The first-order chi connectivity index (χ1) is 15.5. The molecule has 2 aromatic carbocycles. The number of benzene rings is 2. The summed E-state index contributed by atoms with van der Waals surface area (Å²) >= 11 is 0. The number of anilines is 2. The number of nitrogens with zero attached hydrogens (tertiary/aromatic N) is 3. The van der Waals surface area contributed by atoms with E-state index in [1.165, 1.54) is 11.8 Å². The van der Waals surface area contributed by atoms with Gasteiger partial charge in [0, 0.05) is 51.0 Å². The molecule has 0 unspecified atom stereocenters. The largest absolute Gasteiger partial charge is 0.368 e. The molecule has 2 aliphatic heterocycles. The lowest BCUT2D eigenvalue weighted by atomic mass is 10.0. The maximum atomic E-state index is 13.3. The summed E-state index contributed by atoms with van der Waals surface area (Å²) in [6, 6.07) is 17.3. The summed E-state index contributed by atoms with van der Waals surface area (Å²) in [5.74, 6) is -0.620. The predicted octanol–water partition coefficient (Wildman–Crippen LogP) is 2.96. The van der Waals surface area contributed by atoms with Crippen LogP contribution in [-0.2, 0) is 14.4 Å². The first-order valence-electron chi connectivity index (χ1n) is 11.0. The van der Waals surface area contributed by atoms with Gasteiger partial charge in [-0.3, -0.25) is 19.3 Å². The number of hydrogen-bond donors (Lipinski definition) is 1. The molecule has 3 amide bonds. The minimum atomic E-state index is -0.246. The number of piperazine rings is 1. The zero-order valence-electron chi connectivity index (χ0n) is 18.5. The molecule has 1 saturated heterocycles. The van der Waals surface area contributed by atoms with E-state index in [1.807, 2.05) is 30.0 Å². The minimum Gasteiger partial charge on any atom is -0.368 e. The third-order valence-corrected chi connectivity index (χ3v) is 5.80. The number of para-hydroxylation sites is 1. The van der Waals surface area contributed by atoms with Crippen LogP contribution in [0, 0.1) is 0 Å². The van der Waals surface area contributed by atoms with E-state index in [2.05, 4.69) is 22.3 Å². The lowest BCUT2D eigenvalue weighted by molar-refractivity contribution is -0.137. The van der Waals surface area contributed by atoms with E-state index in [4.69, 9.17) is 0 Å². The summed E-state index contributed by atoms with van der Waals surface area (Å²) in [7, 11) is 0. The summed E-state index contributed by atoms with van der Waals surface area (Å²) in [5.41, 5.74) is 3.45. The van der Waals surface area contributed by atoms with Gasteiger partial charge in [0.05, 0.1) is 5.57 Å². The molecule has 1 N–H and O–H groups in total. The second-order valence-electron chi connectivity index (χ2n) is 8.05. The maximum Gasteiger partial charge on any atom is 0.277 e. The van der Waals surface area contributed by atoms with Crippen molar-refractivity contribution in [3.05, 3.63) is 65.9 Å². The number of hydrogen-bond acceptors (Lipinski definition) is 5. The monoisotopic (exact) mass is 432 g/mol. The molecule has 0 spiro atoms. The number of imide groups is 1. The Morgan fingerprint density at radius 2 is 1.50 bits per heavy atom. The van der Waals surface area contributed by atoms with E-state index in [0.29, 0.717) is 48.6 Å². The van der Waals surface area contributed by atoms with Crippen molar-refractivity contribution in [3.63, 3.8) is 0 Å². The van der Waals surface area contributed by atoms with Crippen LogP contribution in [0.1, 0.15) is 25.8 Å². The van der Waals surface area contributed by atoms with Crippen LogP contribution in [0.5, 0.6) is 0 Å². The zero-order valence-corrected chi connectivity index (χ0v) is 18.5. The summed E-state index contributed by atoms with van der Waals surface area (Å²) in [4.78, 5) is 43.6. The van der Waals surface area contributed by atoms with Crippen LogP contribution in [0.15, 0.2) is 60.3 Å². The van der Waals surface area contributed by atoms with Gasteiger partial charge < -0.3 is 15.1 Å². The number of carbonyl (C=O) groups is 3. The Hall–Kier alpha value is -3.61. The van der Waals surface area contributed by atoms with Gasteiger partial charge in [0.2, 0.25) is 5.91 Å². The van der Waals surface area contributed by atoms with E-state index in [-0.39, 0.29) is 17.7 Å². The van der Waals surface area contributed by atoms with Gasteiger partial charge in [0.25, 0.3) is 11.8 Å². The van der Waals surface area contributed by atoms with Gasteiger partial charge in [-0.2, -0.15) is 0 Å². The van der Waals surface area contributed by atoms with Crippen LogP contribution in [0.3, 0.4) is 0 Å². The molecule has 7 nitrogen and oxygen atoms in total. The molecule has 0 atom stereocenters. The third-order valence-electron chi connectivity index (χ3n) is 5.80. The standard InChI is InChI=1S/C25H28N4O3/c1-3-13-29-24(31)22(19-9-11-20(12-10-19)26-18(2)30)23(25(29)32)28-16-14-27(15-17-28)21-7-5-4-6-8-21/h4-12H,3,13-17H2,1-2H3,(H,26,30). The smallest absolute Gasteiger partial charge is 0.277 e. The SMILES string of the molecule is CCCN1C(=O)C(c2ccc(NC(C)=O)cc2)=C(N2CCN(c3ccccc3)CC2)C1=O. The molecular weight excluding hydrogens is 404 g/mol. The molecular formula is C25H28N4O3. The first-order valence-corrected chi connectivity index (χ1v) is 11.0. The van der Waals surface area contributed by atoms with Gasteiger partial charge in [-0.1, -0.05) is 37.3 Å². The van der Waals surface area contributed by atoms with Crippen molar-refractivity contribution in [2.45, 2.75) is 20.3 Å². The second-order valence-corrected chi connectivity index (χ2v) is 8.05. The topological polar surface area (TPSA) is 73.0 Å². The number of amides is 3. The van der Waals surface area contributed by atoms with E-state index in [0.717, 1.165) is 18.8 Å². The second kappa shape index (κ2) is 9.26. The lowest BCUT2D eigenvalue weighted by Crippen LogP contribution is -2.47. The fourth-order valence-corrected chi connectivity index (χ4v) is 4.29. The lowest BCUT2D eigenvalue weighted by Gasteiger charge is -2.37. The number of carbonyl (C=O) groups excluding carboxylic acids is 3. The highest BCUT2D eigenvalue weighted by molar-refractivity contribution is 6.35. The van der Waals surface area contributed by atoms with Crippen molar-refractivity contribution >= 4 is 34.7 Å². The van der Waals surface area contributed by atoms with Crippen molar-refractivity contribution in [1.82, 2.24) is 9.80 Å². The van der Waals surface area contributed by atoms with Crippen molar-refractivity contribution in [1.29, 1.82) is 0 Å². The maximum absolute atomic E-state index is 13.3. The molecule has 32 heavy (non-hydrogen) atoms. The Labute approximate surface area is 188 Å². The van der Waals surface area contributed by atoms with Crippen molar-refractivity contribution in [3.8, 4) is 0 Å². The highest BCUT2D eigenvalue weighted by atomic mass is 16.2. The molecule has 0 radical (unpaired) electrons. The average molecular weight is 433 g/mol. The molecule has 1 fully saturated rings. The Bertz CT molecular complexity index is 1040. The predicted molar refractivity (Wildman–Crippen MR) is 125 cm³/mol. The summed E-state index contributed by atoms with van der Waals surface area (Å²) < 4.78 is 0. The first kappa shape index (κ1) is 21.6. The Balaban J connectivity index is 1.63. The molecule has 7 heteroatoms. The van der Waals surface area contributed by atoms with Crippen LogP contribution in [0.25, 0.3) is 5.57 Å². The van der Waals surface area contributed by atoms with E-state index >= 15 is 0 Å². The highest BCUT2D eigenvalue weighted by Gasteiger charge is 2.41. The Morgan fingerprint density at radius 1 is 0.875 bits per heavy atom. The van der Waals surface area contributed by atoms with Crippen molar-refractivity contribution in [2.24, 2.45) is 0 Å². The number of rotatable bonds is 6. The van der Waals surface area contributed by atoms with Crippen molar-refractivity contribution in [2.75, 3.05) is 42.9 Å². The van der Waals surface area contributed by atoms with Crippen LogP contribution < -0.4 is 10.2 Å². The van der Waals surface area contributed by atoms with E-state index in [1.54, 1.807) is 24.3 Å². The third kappa shape index (κ3) is 4.23. The summed E-state index contributed by atoms with van der Waals surface area (Å²) in [6.45, 7) is 6.69. The van der Waals surface area contributed by atoms with Gasteiger partial charge in [0.1, 0.15) is 5.70 Å². The van der Waals surface area contributed by atoms with Crippen molar-refractivity contribution < 1.29 is 14.4 Å². The number of nitrogens with one attached hydrogen (secondary N) is 1. The highest BCUT2D eigenvalue weighted by Crippen LogP contribution is 2.33. The van der Waals surface area contributed by atoms with Gasteiger partial charge >= 0.3 is 0 Å². The molecule has 0 aliphatic carbocycles. The molecule has 166 valence electrons. The Morgan fingerprint density at radius 3 is 2.09 bits per heavy atom. The van der Waals surface area contributed by atoms with Crippen LogP contribution in [0.2, 0.25) is 0 Å². The molecule has 2 aliphatic rings. The minimum absolute atomic E-state index is 0.157. The molecule has 0 aromatic heterocycles. The van der Waals surface area contributed by atoms with Gasteiger partial charge in [0.15, 0.2) is 0 Å². The summed E-state index contributed by atoms with van der Waals surface area (Å²) in [5, 5.41) is 2.73. The van der Waals surface area contributed by atoms with Crippen LogP contribution in [0.4, 0.5) is 11.4 Å². The Kier molecular flexibility index (Phi) is 6.25. The molecule has 0 bridgehead atoms. The van der Waals surface area contributed by atoms with Gasteiger partial charge in [-0.25, -0.2) is 0 Å². The quantitative estimate of drug-likeness (QED) is 0.711. The van der Waals surface area contributed by atoms with Crippen LogP contribution >= 0.6 is 0 Å². The average Bonchev–Trinajstić information content (AvgIpc) is 3.05. The van der Waals surface area contributed by atoms with Gasteiger partial charge in [-0.05, 0) is 36.2 Å². The summed E-state index contributed by atoms with van der Waals surface area (Å²) in [6.07, 6.45) is 0.710. The van der Waals surface area contributed by atoms with E-state index in [9.17, 15) is 14.4 Å². The van der Waals surface area contributed by atoms with Gasteiger partial charge in [-0.15, -0.1) is 0 Å². The molecule has 2 aromatic rings. The molecule has 4 rings (SSSR count). The normalized spacial score (nSPS) is 16.8. The fourth-order valence-electron chi connectivity index (χ4n) is 4.29. The van der Waals surface area contributed by atoms with E-state index < -0.39 is 0 Å². The molecule has 2 heterocycles. The fraction of sp³-hybridized carbons (Fsp3) is 0.320. The molecule has 0 saturated carbocycles.